The molecule has 11 rings (SSSR count). The van der Waals surface area contributed by atoms with Gasteiger partial charge in [0.25, 0.3) is 0 Å². The fourth-order valence-electron chi connectivity index (χ4n) is 7.83. The van der Waals surface area contributed by atoms with Crippen molar-refractivity contribution < 1.29 is 4.42 Å². The van der Waals surface area contributed by atoms with Gasteiger partial charge in [0.1, 0.15) is 11.2 Å². The van der Waals surface area contributed by atoms with Gasteiger partial charge in [0.05, 0.1) is 33.5 Å². The van der Waals surface area contributed by atoms with Gasteiger partial charge in [-0.25, -0.2) is 9.97 Å². The molecule has 51 heavy (non-hydrogen) atoms. The van der Waals surface area contributed by atoms with E-state index in [4.69, 9.17) is 14.4 Å². The summed E-state index contributed by atoms with van der Waals surface area (Å²) in [5.41, 5.74) is 11.0. The van der Waals surface area contributed by atoms with Gasteiger partial charge in [-0.15, -0.1) is 0 Å². The lowest BCUT2D eigenvalue weighted by Crippen LogP contribution is -2.04. The molecule has 11 aromatic rings. The molecule has 7 aromatic carbocycles. The number of furan rings is 1. The quantitative estimate of drug-likeness (QED) is 0.190. The van der Waals surface area contributed by atoms with E-state index in [2.05, 4.69) is 155 Å². The molecule has 0 N–H and O–H groups in total. The molecule has 0 saturated heterocycles. The summed E-state index contributed by atoms with van der Waals surface area (Å²) in [6.45, 7) is 0. The molecular formula is C46H28N4O. The molecule has 0 fully saturated rings. The minimum Gasteiger partial charge on any atom is -0.456 e. The minimum absolute atomic E-state index is 0.622. The van der Waals surface area contributed by atoms with Crippen LogP contribution in [0.4, 0.5) is 0 Å². The average molecular weight is 653 g/mol. The predicted molar refractivity (Wildman–Crippen MR) is 209 cm³/mol. The summed E-state index contributed by atoms with van der Waals surface area (Å²) in [5, 5.41) is 6.92. The van der Waals surface area contributed by atoms with Gasteiger partial charge in [0, 0.05) is 49.1 Å². The van der Waals surface area contributed by atoms with Crippen LogP contribution >= 0.6 is 0 Å². The van der Waals surface area contributed by atoms with E-state index < -0.39 is 0 Å². The van der Waals surface area contributed by atoms with Gasteiger partial charge in [-0.05, 0) is 66.7 Å². The second-order valence-electron chi connectivity index (χ2n) is 13.0. The van der Waals surface area contributed by atoms with Crippen LogP contribution in [0.5, 0.6) is 0 Å². The lowest BCUT2D eigenvalue weighted by molar-refractivity contribution is 0.669. The Kier molecular flexibility index (Phi) is 5.89. The van der Waals surface area contributed by atoms with Crippen LogP contribution < -0.4 is 0 Å². The number of aromatic nitrogens is 4. The van der Waals surface area contributed by atoms with E-state index in [1.165, 1.54) is 16.3 Å². The van der Waals surface area contributed by atoms with Gasteiger partial charge in [0.15, 0.2) is 0 Å². The van der Waals surface area contributed by atoms with E-state index in [9.17, 15) is 0 Å². The molecule has 0 spiro atoms. The zero-order chi connectivity index (χ0) is 33.5. The maximum Gasteiger partial charge on any atom is 0.235 e. The number of hydrogen-bond acceptors (Lipinski definition) is 3. The topological polar surface area (TPSA) is 48.8 Å². The van der Waals surface area contributed by atoms with Crippen molar-refractivity contribution in [2.45, 2.75) is 0 Å². The first kappa shape index (κ1) is 27.9. The van der Waals surface area contributed by atoms with E-state index in [1.54, 1.807) is 0 Å². The molecule has 4 aromatic heterocycles. The van der Waals surface area contributed by atoms with Crippen molar-refractivity contribution in [1.82, 2.24) is 19.1 Å². The molecule has 0 bridgehead atoms. The van der Waals surface area contributed by atoms with E-state index in [0.29, 0.717) is 5.95 Å². The monoisotopic (exact) mass is 652 g/mol. The Morgan fingerprint density at radius 3 is 1.67 bits per heavy atom. The van der Waals surface area contributed by atoms with E-state index >= 15 is 0 Å². The highest BCUT2D eigenvalue weighted by molar-refractivity contribution is 6.19. The van der Waals surface area contributed by atoms with Crippen molar-refractivity contribution in [3.8, 4) is 34.2 Å². The Hall–Kier alpha value is -6.98. The first-order valence-electron chi connectivity index (χ1n) is 17.2. The molecule has 0 aliphatic heterocycles. The third-order valence-corrected chi connectivity index (χ3v) is 10.1. The Morgan fingerprint density at radius 1 is 0.353 bits per heavy atom. The maximum absolute atomic E-state index is 6.18. The van der Waals surface area contributed by atoms with Crippen molar-refractivity contribution in [3.05, 3.63) is 170 Å². The van der Waals surface area contributed by atoms with E-state index in [1.807, 2.05) is 24.3 Å². The van der Waals surface area contributed by atoms with Crippen LogP contribution in [0.2, 0.25) is 0 Å². The minimum atomic E-state index is 0.622. The van der Waals surface area contributed by atoms with Gasteiger partial charge < -0.3 is 8.98 Å². The lowest BCUT2D eigenvalue weighted by atomic mass is 10.0. The molecule has 0 radical (unpaired) electrons. The maximum atomic E-state index is 6.18. The van der Waals surface area contributed by atoms with E-state index in [0.717, 1.165) is 77.5 Å². The molecule has 238 valence electrons. The van der Waals surface area contributed by atoms with Crippen LogP contribution in [0.25, 0.3) is 99.7 Å². The summed E-state index contributed by atoms with van der Waals surface area (Å²) in [5.74, 6) is 0.622. The summed E-state index contributed by atoms with van der Waals surface area (Å²) in [4.78, 5) is 10.7. The molecule has 0 aliphatic rings. The summed E-state index contributed by atoms with van der Waals surface area (Å²) >= 11 is 0. The van der Waals surface area contributed by atoms with Crippen LogP contribution in [-0.4, -0.2) is 19.1 Å². The first-order valence-corrected chi connectivity index (χ1v) is 17.2. The Balaban J connectivity index is 1.23. The SMILES string of the molecule is c1ccc(-c2cc(-c3ccc4oc5ccccc5c4c3)nc(-n3c4ccccc4c4cc5c6ccccc6n(-c6ccccc6)c5cc43)n2)cc1. The molecular weight excluding hydrogens is 625 g/mol. The van der Waals surface area contributed by atoms with Gasteiger partial charge >= 0.3 is 0 Å². The number of hydrogen-bond donors (Lipinski definition) is 0. The molecule has 0 unspecified atom stereocenters. The average Bonchev–Trinajstić information content (AvgIpc) is 3.84. The molecule has 5 nitrogen and oxygen atoms in total. The second kappa shape index (κ2) is 10.8. The zero-order valence-corrected chi connectivity index (χ0v) is 27.4. The summed E-state index contributed by atoms with van der Waals surface area (Å²) < 4.78 is 10.8. The first-order chi connectivity index (χ1) is 25.3. The Morgan fingerprint density at radius 2 is 0.922 bits per heavy atom. The summed E-state index contributed by atoms with van der Waals surface area (Å²) in [7, 11) is 0. The normalized spacial score (nSPS) is 11.9. The van der Waals surface area contributed by atoms with Gasteiger partial charge in [-0.2, -0.15) is 0 Å². The third-order valence-electron chi connectivity index (χ3n) is 10.1. The van der Waals surface area contributed by atoms with Crippen molar-refractivity contribution >= 4 is 65.6 Å². The van der Waals surface area contributed by atoms with Gasteiger partial charge in [0.2, 0.25) is 5.95 Å². The summed E-state index contributed by atoms with van der Waals surface area (Å²) in [6.07, 6.45) is 0. The number of para-hydroxylation sites is 4. The highest BCUT2D eigenvalue weighted by Crippen LogP contribution is 2.40. The highest BCUT2D eigenvalue weighted by Gasteiger charge is 2.21. The lowest BCUT2D eigenvalue weighted by Gasteiger charge is -2.12. The molecule has 4 heterocycles. The largest absolute Gasteiger partial charge is 0.456 e. The number of fused-ring (bicyclic) bond motifs is 9. The second-order valence-corrected chi connectivity index (χ2v) is 13.0. The van der Waals surface area contributed by atoms with Crippen LogP contribution in [-0.2, 0) is 0 Å². The van der Waals surface area contributed by atoms with Crippen LogP contribution in [0, 0.1) is 0 Å². The Bertz CT molecular complexity index is 3130. The molecule has 0 saturated carbocycles. The standard InChI is InChI=1S/C46H28N4O/c1-3-13-29(14-4-1)38-27-39(30-23-24-45-37(25-30)34-19-9-12-22-44(34)51-45)48-46(47-38)50-41-21-11-8-18-33(41)36-26-35-32-17-7-10-20-40(32)49(42(35)28-43(36)50)31-15-5-2-6-16-31/h1-28H. The highest BCUT2D eigenvalue weighted by atomic mass is 16.3. The van der Waals surface area contributed by atoms with Gasteiger partial charge in [-0.3, -0.25) is 4.57 Å². The Labute approximate surface area is 292 Å². The smallest absolute Gasteiger partial charge is 0.235 e. The van der Waals surface area contributed by atoms with Gasteiger partial charge in [-0.1, -0.05) is 103 Å². The molecule has 5 heteroatoms. The van der Waals surface area contributed by atoms with Crippen LogP contribution in [0.3, 0.4) is 0 Å². The van der Waals surface area contributed by atoms with E-state index in [-0.39, 0.29) is 0 Å². The fraction of sp³-hybridized carbons (Fsp3) is 0. The number of benzene rings is 7. The van der Waals surface area contributed by atoms with Crippen molar-refractivity contribution in [2.75, 3.05) is 0 Å². The zero-order valence-electron chi connectivity index (χ0n) is 27.4. The van der Waals surface area contributed by atoms with Crippen molar-refractivity contribution in [1.29, 1.82) is 0 Å². The summed E-state index contributed by atoms with van der Waals surface area (Å²) in [6, 6.07) is 59.5. The number of nitrogens with zero attached hydrogens (tertiary/aromatic N) is 4. The van der Waals surface area contributed by atoms with Crippen molar-refractivity contribution in [2.24, 2.45) is 0 Å². The van der Waals surface area contributed by atoms with Crippen molar-refractivity contribution in [3.63, 3.8) is 0 Å². The predicted octanol–water partition coefficient (Wildman–Crippen LogP) is 11.9. The fourth-order valence-corrected chi connectivity index (χ4v) is 7.83. The van der Waals surface area contributed by atoms with Crippen LogP contribution in [0.15, 0.2) is 174 Å². The molecule has 0 atom stereocenters. The number of rotatable bonds is 4. The third kappa shape index (κ3) is 4.22. The molecule has 0 aliphatic carbocycles. The molecule has 0 amide bonds. The van der Waals surface area contributed by atoms with Crippen LogP contribution in [0.1, 0.15) is 0 Å².